The van der Waals surface area contributed by atoms with Crippen molar-refractivity contribution in [3.63, 3.8) is 0 Å². The van der Waals surface area contributed by atoms with Gasteiger partial charge in [-0.05, 0) is 18.8 Å². The quantitative estimate of drug-likeness (QED) is 0.607. The molecule has 0 heterocycles. The monoisotopic (exact) mass is 238 g/mol. The minimum absolute atomic E-state index is 0.307. The number of phosphoric ester groups is 1. The van der Waals surface area contributed by atoms with Crippen molar-refractivity contribution in [1.82, 2.24) is 0 Å². The first-order valence-corrected chi connectivity index (χ1v) is 6.89. The zero-order valence-corrected chi connectivity index (χ0v) is 11.3. The highest BCUT2D eigenvalue weighted by molar-refractivity contribution is 7.48. The summed E-state index contributed by atoms with van der Waals surface area (Å²) < 4.78 is 27.4. The van der Waals surface area contributed by atoms with Crippen molar-refractivity contribution in [1.29, 1.82) is 0 Å². The number of hydrogen-bond acceptors (Lipinski definition) is 4. The zero-order chi connectivity index (χ0) is 11.9. The Kier molecular flexibility index (Phi) is 7.45. The summed E-state index contributed by atoms with van der Waals surface area (Å²) in [5.41, 5.74) is 0. The van der Waals surface area contributed by atoms with Crippen LogP contribution in [0, 0.1) is 11.8 Å². The van der Waals surface area contributed by atoms with Crippen molar-refractivity contribution in [2.24, 2.45) is 11.8 Å². The van der Waals surface area contributed by atoms with E-state index < -0.39 is 7.82 Å². The molecule has 0 aliphatic heterocycles. The molecule has 0 spiro atoms. The van der Waals surface area contributed by atoms with Crippen LogP contribution in [0.5, 0.6) is 0 Å². The topological polar surface area (TPSA) is 44.8 Å². The van der Waals surface area contributed by atoms with E-state index in [9.17, 15) is 4.57 Å². The molecular weight excluding hydrogens is 215 g/mol. The average molecular weight is 238 g/mol. The highest BCUT2D eigenvalue weighted by Gasteiger charge is 2.26. The minimum atomic E-state index is -3.33. The van der Waals surface area contributed by atoms with Gasteiger partial charge in [-0.1, -0.05) is 27.7 Å². The number of rotatable bonds is 8. The van der Waals surface area contributed by atoms with Gasteiger partial charge in [0.25, 0.3) is 0 Å². The largest absolute Gasteiger partial charge is 0.474 e. The van der Waals surface area contributed by atoms with Crippen LogP contribution in [-0.4, -0.2) is 19.8 Å². The predicted molar refractivity (Wildman–Crippen MR) is 60.8 cm³/mol. The highest BCUT2D eigenvalue weighted by atomic mass is 31.2. The van der Waals surface area contributed by atoms with Crippen LogP contribution in [0.2, 0.25) is 0 Å². The third kappa shape index (κ3) is 7.97. The summed E-state index contributed by atoms with van der Waals surface area (Å²) in [6.45, 7) is 10.8. The molecule has 0 atom stereocenters. The zero-order valence-electron chi connectivity index (χ0n) is 10.4. The van der Waals surface area contributed by atoms with Gasteiger partial charge in [-0.25, -0.2) is 4.57 Å². The first-order valence-electron chi connectivity index (χ1n) is 5.43. The molecule has 0 fully saturated rings. The van der Waals surface area contributed by atoms with Crippen LogP contribution in [0.1, 0.15) is 34.6 Å². The summed E-state index contributed by atoms with van der Waals surface area (Å²) in [4.78, 5) is 0. The Morgan fingerprint density at radius 3 is 1.60 bits per heavy atom. The van der Waals surface area contributed by atoms with Crippen molar-refractivity contribution < 1.29 is 18.1 Å². The lowest BCUT2D eigenvalue weighted by molar-refractivity contribution is 0.0991. The van der Waals surface area contributed by atoms with Gasteiger partial charge in [-0.15, -0.1) is 0 Å². The second kappa shape index (κ2) is 7.39. The van der Waals surface area contributed by atoms with Crippen molar-refractivity contribution in [2.75, 3.05) is 19.8 Å². The molecule has 0 amide bonds. The Bertz CT molecular complexity index is 188. The van der Waals surface area contributed by atoms with Crippen LogP contribution < -0.4 is 0 Å². The lowest BCUT2D eigenvalue weighted by Gasteiger charge is -2.19. The SMILES string of the molecule is CCOP(=O)(OCC(C)C)OCC(C)C. The van der Waals surface area contributed by atoms with Crippen LogP contribution in [-0.2, 0) is 18.1 Å². The molecule has 0 aliphatic carbocycles. The van der Waals surface area contributed by atoms with E-state index in [4.69, 9.17) is 13.6 Å². The molecule has 92 valence electrons. The fourth-order valence-corrected chi connectivity index (χ4v) is 2.25. The molecule has 0 unspecified atom stereocenters. The molecule has 0 aromatic heterocycles. The Balaban J connectivity index is 4.12. The summed E-state index contributed by atoms with van der Waals surface area (Å²) >= 11 is 0. The molecule has 0 N–H and O–H groups in total. The van der Waals surface area contributed by atoms with Crippen LogP contribution in [0.3, 0.4) is 0 Å². The summed E-state index contributed by atoms with van der Waals surface area (Å²) in [5, 5.41) is 0. The van der Waals surface area contributed by atoms with E-state index in [-0.39, 0.29) is 0 Å². The molecule has 4 nitrogen and oxygen atoms in total. The Morgan fingerprint density at radius 1 is 0.933 bits per heavy atom. The van der Waals surface area contributed by atoms with Gasteiger partial charge < -0.3 is 0 Å². The van der Waals surface area contributed by atoms with Crippen molar-refractivity contribution in [2.45, 2.75) is 34.6 Å². The Hall–Kier alpha value is 0.110. The molecule has 0 aromatic rings. The van der Waals surface area contributed by atoms with Gasteiger partial charge in [0.1, 0.15) is 0 Å². The molecule has 5 heteroatoms. The molecule has 0 aliphatic rings. The first-order chi connectivity index (χ1) is 6.89. The van der Waals surface area contributed by atoms with Crippen molar-refractivity contribution >= 4 is 7.82 Å². The van der Waals surface area contributed by atoms with Crippen LogP contribution >= 0.6 is 7.82 Å². The van der Waals surface area contributed by atoms with Crippen LogP contribution in [0.25, 0.3) is 0 Å². The number of phosphoric acid groups is 1. The third-order valence-electron chi connectivity index (χ3n) is 1.42. The van der Waals surface area contributed by atoms with Crippen LogP contribution in [0.15, 0.2) is 0 Å². The molecule has 0 aromatic carbocycles. The van der Waals surface area contributed by atoms with E-state index in [0.29, 0.717) is 31.7 Å². The van der Waals surface area contributed by atoms with E-state index >= 15 is 0 Å². The van der Waals surface area contributed by atoms with Gasteiger partial charge in [0.05, 0.1) is 19.8 Å². The van der Waals surface area contributed by atoms with Gasteiger partial charge in [-0.2, -0.15) is 0 Å². The fourth-order valence-electron chi connectivity index (χ4n) is 0.751. The molecule has 0 radical (unpaired) electrons. The Labute approximate surface area is 92.9 Å². The standard InChI is InChI=1S/C10H23O4P/c1-6-12-15(11,13-7-9(2)3)14-8-10(4)5/h9-10H,6-8H2,1-5H3. The molecule has 0 saturated carbocycles. The Morgan fingerprint density at radius 2 is 1.33 bits per heavy atom. The van der Waals surface area contributed by atoms with Gasteiger partial charge in [0.2, 0.25) is 0 Å². The normalized spacial score (nSPS) is 12.7. The predicted octanol–water partition coefficient (Wildman–Crippen LogP) is 3.48. The van der Waals surface area contributed by atoms with Crippen molar-refractivity contribution in [3.05, 3.63) is 0 Å². The summed E-state index contributed by atoms with van der Waals surface area (Å²) in [6.07, 6.45) is 0. The lowest BCUT2D eigenvalue weighted by atomic mass is 10.2. The third-order valence-corrected chi connectivity index (χ3v) is 2.92. The highest BCUT2D eigenvalue weighted by Crippen LogP contribution is 2.49. The molecule has 0 rings (SSSR count). The maximum Gasteiger partial charge on any atom is 0.474 e. The number of hydrogen-bond donors (Lipinski definition) is 0. The van der Waals surface area contributed by atoms with Gasteiger partial charge in [0, 0.05) is 0 Å². The molecule has 15 heavy (non-hydrogen) atoms. The van der Waals surface area contributed by atoms with E-state index in [1.807, 2.05) is 27.7 Å². The maximum atomic E-state index is 12.0. The fraction of sp³-hybridized carbons (Fsp3) is 1.00. The second-order valence-electron chi connectivity index (χ2n) is 4.24. The summed E-state index contributed by atoms with van der Waals surface area (Å²) in [6, 6.07) is 0. The average Bonchev–Trinajstić information content (AvgIpc) is 2.13. The second-order valence-corrected chi connectivity index (χ2v) is 5.91. The first kappa shape index (κ1) is 15.1. The van der Waals surface area contributed by atoms with E-state index in [0.717, 1.165) is 0 Å². The molecule has 0 saturated heterocycles. The van der Waals surface area contributed by atoms with Gasteiger partial charge in [0.15, 0.2) is 0 Å². The lowest BCUT2D eigenvalue weighted by Crippen LogP contribution is -2.08. The van der Waals surface area contributed by atoms with E-state index in [1.54, 1.807) is 6.92 Å². The summed E-state index contributed by atoms with van der Waals surface area (Å²) in [5.74, 6) is 0.614. The maximum absolute atomic E-state index is 12.0. The van der Waals surface area contributed by atoms with E-state index in [1.165, 1.54) is 0 Å². The van der Waals surface area contributed by atoms with Crippen molar-refractivity contribution in [3.8, 4) is 0 Å². The molecular formula is C10H23O4P. The summed E-state index contributed by atoms with van der Waals surface area (Å²) in [7, 11) is -3.33. The minimum Gasteiger partial charge on any atom is -0.287 e. The van der Waals surface area contributed by atoms with Crippen LogP contribution in [0.4, 0.5) is 0 Å². The smallest absolute Gasteiger partial charge is 0.287 e. The van der Waals surface area contributed by atoms with Gasteiger partial charge in [-0.3, -0.25) is 13.6 Å². The van der Waals surface area contributed by atoms with Gasteiger partial charge >= 0.3 is 7.82 Å². The molecule has 0 bridgehead atoms. The van der Waals surface area contributed by atoms with E-state index in [2.05, 4.69) is 0 Å².